The summed E-state index contributed by atoms with van der Waals surface area (Å²) >= 11 is 0. The summed E-state index contributed by atoms with van der Waals surface area (Å²) in [7, 11) is 0. The smallest absolute Gasteiger partial charge is 0.219 e. The molecule has 4 heteroatoms. The number of nitrogens with one attached hydrogen (secondary N) is 1. The molecule has 0 aromatic carbocycles. The lowest BCUT2D eigenvalue weighted by Crippen LogP contribution is -2.21. The van der Waals surface area contributed by atoms with Crippen LogP contribution in [0.5, 0.6) is 0 Å². The van der Waals surface area contributed by atoms with Crippen LogP contribution in [0.15, 0.2) is 5.18 Å². The molecule has 0 radical (unpaired) electrons. The molecule has 0 spiro atoms. The summed E-state index contributed by atoms with van der Waals surface area (Å²) < 4.78 is 0. The van der Waals surface area contributed by atoms with Gasteiger partial charge in [-0.25, -0.2) is 0 Å². The fraction of sp³-hybridized carbons (Fsp3) is 0.950. The van der Waals surface area contributed by atoms with Gasteiger partial charge in [0.15, 0.2) is 0 Å². The maximum atomic E-state index is 11.2. The van der Waals surface area contributed by atoms with Crippen molar-refractivity contribution in [2.24, 2.45) is 5.18 Å². The zero-order chi connectivity index (χ0) is 18.3. The number of nitroso groups, excluding NO2 is 1. The van der Waals surface area contributed by atoms with Crippen molar-refractivity contribution in [3.05, 3.63) is 4.91 Å². The van der Waals surface area contributed by atoms with E-state index < -0.39 is 0 Å². The number of unbranched alkanes of at least 4 members (excludes halogenated alkanes) is 11. The Morgan fingerprint density at radius 3 is 1.54 bits per heavy atom. The Hall–Kier alpha value is -0.930. The van der Waals surface area contributed by atoms with E-state index in [1.165, 1.54) is 64.2 Å². The first-order valence-electron chi connectivity index (χ1n) is 10.3. The van der Waals surface area contributed by atoms with Crippen LogP contribution in [-0.4, -0.2) is 19.0 Å². The molecule has 0 atom stereocenters. The van der Waals surface area contributed by atoms with Crippen molar-refractivity contribution in [1.29, 1.82) is 0 Å². The van der Waals surface area contributed by atoms with Crippen molar-refractivity contribution < 1.29 is 4.79 Å². The minimum Gasteiger partial charge on any atom is -0.356 e. The van der Waals surface area contributed by atoms with Gasteiger partial charge in [0, 0.05) is 13.0 Å². The van der Waals surface area contributed by atoms with Gasteiger partial charge in [0.25, 0.3) is 0 Å². The van der Waals surface area contributed by atoms with Crippen LogP contribution in [0.4, 0.5) is 0 Å². The SMILES string of the molecule is CCCCCCCCCCCCCC(=O)NCC.CCCCN=O. The molecule has 0 aromatic heterocycles. The lowest BCUT2D eigenvalue weighted by molar-refractivity contribution is -0.121. The largest absolute Gasteiger partial charge is 0.356 e. The Bertz CT molecular complexity index is 258. The number of rotatable bonds is 16. The summed E-state index contributed by atoms with van der Waals surface area (Å²) in [4.78, 5) is 20.5. The van der Waals surface area contributed by atoms with Gasteiger partial charge in [-0.1, -0.05) is 89.7 Å². The van der Waals surface area contributed by atoms with E-state index in [4.69, 9.17) is 0 Å². The van der Waals surface area contributed by atoms with Gasteiger partial charge >= 0.3 is 0 Å². The Balaban J connectivity index is 0. The predicted molar refractivity (Wildman–Crippen MR) is 105 cm³/mol. The van der Waals surface area contributed by atoms with Crippen LogP contribution in [0.25, 0.3) is 0 Å². The van der Waals surface area contributed by atoms with Crippen LogP contribution in [0, 0.1) is 4.91 Å². The van der Waals surface area contributed by atoms with Gasteiger partial charge in [-0.2, -0.15) is 4.91 Å². The van der Waals surface area contributed by atoms with E-state index in [2.05, 4.69) is 17.4 Å². The Morgan fingerprint density at radius 2 is 1.17 bits per heavy atom. The summed E-state index contributed by atoms with van der Waals surface area (Å²) in [6.07, 6.45) is 17.4. The number of hydrogen-bond acceptors (Lipinski definition) is 3. The topological polar surface area (TPSA) is 58.5 Å². The minimum absolute atomic E-state index is 0.216. The number of carbonyl (C=O) groups is 1. The molecule has 0 heterocycles. The van der Waals surface area contributed by atoms with E-state index in [-0.39, 0.29) is 5.91 Å². The van der Waals surface area contributed by atoms with Crippen LogP contribution >= 0.6 is 0 Å². The van der Waals surface area contributed by atoms with E-state index >= 15 is 0 Å². The average molecular weight is 343 g/mol. The van der Waals surface area contributed by atoms with Crippen LogP contribution < -0.4 is 5.32 Å². The number of hydrogen-bond donors (Lipinski definition) is 1. The molecule has 0 bridgehead atoms. The van der Waals surface area contributed by atoms with Crippen molar-refractivity contribution in [2.75, 3.05) is 13.1 Å². The molecule has 0 fully saturated rings. The zero-order valence-electron chi connectivity index (χ0n) is 16.6. The molecule has 4 nitrogen and oxygen atoms in total. The average Bonchev–Trinajstić information content (AvgIpc) is 2.58. The van der Waals surface area contributed by atoms with Gasteiger partial charge < -0.3 is 5.32 Å². The number of nitrogens with zero attached hydrogens (tertiary/aromatic N) is 1. The van der Waals surface area contributed by atoms with Crippen LogP contribution in [0.2, 0.25) is 0 Å². The second kappa shape index (κ2) is 24.3. The van der Waals surface area contributed by atoms with Crippen LogP contribution in [0.3, 0.4) is 0 Å². The third-order valence-electron chi connectivity index (χ3n) is 3.98. The molecule has 0 saturated carbocycles. The first-order chi connectivity index (χ1) is 11.7. The summed E-state index contributed by atoms with van der Waals surface area (Å²) in [5.74, 6) is 0.216. The van der Waals surface area contributed by atoms with Crippen molar-refractivity contribution >= 4 is 5.91 Å². The second-order valence-corrected chi connectivity index (χ2v) is 6.45. The fourth-order valence-corrected chi connectivity index (χ4v) is 2.46. The molecular weight excluding hydrogens is 300 g/mol. The lowest BCUT2D eigenvalue weighted by Gasteiger charge is -2.03. The van der Waals surface area contributed by atoms with Gasteiger partial charge in [-0.3, -0.25) is 4.79 Å². The molecule has 0 aliphatic heterocycles. The molecule has 144 valence electrons. The van der Waals surface area contributed by atoms with Gasteiger partial charge in [0.2, 0.25) is 5.91 Å². The van der Waals surface area contributed by atoms with Gasteiger partial charge in [-0.05, 0) is 19.8 Å². The predicted octanol–water partition coefficient (Wildman–Crippen LogP) is 6.38. The van der Waals surface area contributed by atoms with Gasteiger partial charge in [-0.15, -0.1) is 0 Å². The van der Waals surface area contributed by atoms with Crippen molar-refractivity contribution in [2.45, 2.75) is 111 Å². The van der Waals surface area contributed by atoms with E-state index in [1.807, 2.05) is 13.8 Å². The summed E-state index contributed by atoms with van der Waals surface area (Å²) in [5, 5.41) is 5.52. The molecule has 1 amide bonds. The van der Waals surface area contributed by atoms with Crippen LogP contribution in [0.1, 0.15) is 111 Å². The second-order valence-electron chi connectivity index (χ2n) is 6.45. The molecular formula is C20H42N2O2. The highest BCUT2D eigenvalue weighted by atomic mass is 16.3. The fourth-order valence-electron chi connectivity index (χ4n) is 2.46. The Labute approximate surface area is 150 Å². The third-order valence-corrected chi connectivity index (χ3v) is 3.98. The normalized spacial score (nSPS) is 9.96. The van der Waals surface area contributed by atoms with Crippen molar-refractivity contribution in [3.8, 4) is 0 Å². The van der Waals surface area contributed by atoms with E-state index in [0.29, 0.717) is 13.0 Å². The maximum Gasteiger partial charge on any atom is 0.219 e. The molecule has 1 N–H and O–H groups in total. The Kier molecular flexibility index (Phi) is 25.7. The summed E-state index contributed by atoms with van der Waals surface area (Å²) in [6, 6.07) is 0. The number of carbonyl (C=O) groups excluding carboxylic acids is 1. The zero-order valence-corrected chi connectivity index (χ0v) is 16.6. The highest BCUT2D eigenvalue weighted by molar-refractivity contribution is 5.75. The van der Waals surface area contributed by atoms with E-state index in [1.54, 1.807) is 0 Å². The monoisotopic (exact) mass is 342 g/mol. The highest BCUT2D eigenvalue weighted by Crippen LogP contribution is 2.11. The number of amides is 1. The van der Waals surface area contributed by atoms with Crippen molar-refractivity contribution in [1.82, 2.24) is 5.32 Å². The molecule has 0 aliphatic carbocycles. The molecule has 0 aliphatic rings. The van der Waals surface area contributed by atoms with Gasteiger partial charge in [0.05, 0.1) is 6.54 Å². The van der Waals surface area contributed by atoms with Gasteiger partial charge in [0.1, 0.15) is 0 Å². The molecule has 0 rings (SSSR count). The highest BCUT2D eigenvalue weighted by Gasteiger charge is 1.98. The molecule has 0 unspecified atom stereocenters. The first-order valence-corrected chi connectivity index (χ1v) is 10.3. The molecule has 24 heavy (non-hydrogen) atoms. The standard InChI is InChI=1S/C16H33NO.C4H9NO/c1-3-5-6-7-8-9-10-11-12-13-14-15-16(18)17-4-2;1-2-3-4-5-6/h3-15H2,1-2H3,(H,17,18);2-4H2,1H3. The van der Waals surface area contributed by atoms with E-state index in [9.17, 15) is 9.70 Å². The lowest BCUT2D eigenvalue weighted by atomic mass is 10.1. The van der Waals surface area contributed by atoms with Crippen molar-refractivity contribution in [3.63, 3.8) is 0 Å². The quantitative estimate of drug-likeness (QED) is 0.261. The third kappa shape index (κ3) is 26.0. The first kappa shape index (κ1) is 25.3. The summed E-state index contributed by atoms with van der Waals surface area (Å²) in [6.45, 7) is 7.51. The molecule has 0 saturated heterocycles. The van der Waals surface area contributed by atoms with Crippen LogP contribution in [-0.2, 0) is 4.79 Å². The Morgan fingerprint density at radius 1 is 0.708 bits per heavy atom. The minimum atomic E-state index is 0.216. The van der Waals surface area contributed by atoms with E-state index in [0.717, 1.165) is 25.8 Å². The molecule has 0 aromatic rings. The summed E-state index contributed by atoms with van der Waals surface area (Å²) in [5.41, 5.74) is 0. The maximum absolute atomic E-state index is 11.2.